The number of anilines is 1. The molecule has 2 saturated carbocycles. The van der Waals surface area contributed by atoms with E-state index in [0.29, 0.717) is 5.56 Å². The molecule has 10 nitrogen and oxygen atoms in total. The van der Waals surface area contributed by atoms with Crippen molar-refractivity contribution >= 4 is 28.9 Å². The average Bonchev–Trinajstić information content (AvgIpc) is 3.32. The molecule has 4 atom stereocenters. The smallest absolute Gasteiger partial charge is 0.255 e. The highest BCUT2D eigenvalue weighted by Crippen LogP contribution is 2.53. The van der Waals surface area contributed by atoms with Gasteiger partial charge in [-0.15, -0.1) is 0 Å². The number of ketones is 2. The zero-order chi connectivity index (χ0) is 26.1. The Balaban J connectivity index is 1.69. The number of phenolic OH excluding ortho intramolecular Hbond substituents is 1. The van der Waals surface area contributed by atoms with E-state index in [-0.39, 0.29) is 35.8 Å². The second-order valence-corrected chi connectivity index (χ2v) is 10.5. The molecule has 4 aliphatic carbocycles. The van der Waals surface area contributed by atoms with Crippen LogP contribution in [0.2, 0.25) is 0 Å². The lowest BCUT2D eigenvalue weighted by Gasteiger charge is -2.49. The fourth-order valence-electron chi connectivity index (χ4n) is 6.62. The molecule has 0 aliphatic heterocycles. The van der Waals surface area contributed by atoms with Crippen LogP contribution in [0.25, 0.3) is 5.76 Å². The second kappa shape index (κ2) is 8.35. The third-order valence-electron chi connectivity index (χ3n) is 8.31. The first-order valence-corrected chi connectivity index (χ1v) is 12.2. The van der Waals surface area contributed by atoms with Gasteiger partial charge in [0.1, 0.15) is 22.8 Å². The standard InChI is InChI=1S/C26H31N3O7/c1-29(2)15-7-8-16(30)18-13(15)9-11-10-14-20(28-12-5-3-4-6-12)22(32)19(25(27)35)24(34)26(14,36)23(33)17(11)21(18)31/h7-8,11-12,14,20,28,30-31,34,36H,3-6,9-10H2,1-2H3,(H2,27,35)/t11-,14-,20+,26-/m0/s1. The van der Waals surface area contributed by atoms with E-state index in [1.54, 1.807) is 6.07 Å². The van der Waals surface area contributed by atoms with Crippen molar-refractivity contribution in [1.29, 1.82) is 0 Å². The molecule has 10 heteroatoms. The molecular weight excluding hydrogens is 466 g/mol. The van der Waals surface area contributed by atoms with Crippen LogP contribution in [0.5, 0.6) is 5.75 Å². The van der Waals surface area contributed by atoms with Gasteiger partial charge in [0.2, 0.25) is 5.78 Å². The van der Waals surface area contributed by atoms with Gasteiger partial charge in [0.15, 0.2) is 11.4 Å². The summed E-state index contributed by atoms with van der Waals surface area (Å²) in [6, 6.07) is 1.99. The van der Waals surface area contributed by atoms with Crippen molar-refractivity contribution in [3.63, 3.8) is 0 Å². The van der Waals surface area contributed by atoms with Gasteiger partial charge in [-0.05, 0) is 49.3 Å². The molecule has 4 aliphatic rings. The summed E-state index contributed by atoms with van der Waals surface area (Å²) in [4.78, 5) is 41.3. The minimum atomic E-state index is -2.62. The van der Waals surface area contributed by atoms with E-state index >= 15 is 0 Å². The van der Waals surface area contributed by atoms with Crippen LogP contribution in [0.4, 0.5) is 5.69 Å². The zero-order valence-electron chi connectivity index (χ0n) is 20.2. The normalized spacial score (nSPS) is 30.2. The van der Waals surface area contributed by atoms with E-state index in [9.17, 15) is 34.8 Å². The number of nitrogens with one attached hydrogen (secondary N) is 1. The summed E-state index contributed by atoms with van der Waals surface area (Å²) in [6.45, 7) is 0. The summed E-state index contributed by atoms with van der Waals surface area (Å²) >= 11 is 0. The predicted molar refractivity (Wildman–Crippen MR) is 130 cm³/mol. The molecule has 2 fully saturated rings. The number of hydrogen-bond donors (Lipinski definition) is 6. The molecule has 1 amide bonds. The number of nitrogens with zero attached hydrogens (tertiary/aromatic N) is 1. The molecule has 0 saturated heterocycles. The van der Waals surface area contributed by atoms with Crippen molar-refractivity contribution in [3.8, 4) is 5.75 Å². The summed E-state index contributed by atoms with van der Waals surface area (Å²) in [5.74, 6) is -6.42. The third-order valence-corrected chi connectivity index (χ3v) is 8.31. The quantitative estimate of drug-likeness (QED) is 0.332. The van der Waals surface area contributed by atoms with Gasteiger partial charge in [0.25, 0.3) is 5.91 Å². The Morgan fingerprint density at radius 3 is 2.42 bits per heavy atom. The fourth-order valence-corrected chi connectivity index (χ4v) is 6.62. The fraction of sp³-hybridized carbons (Fsp3) is 0.500. The van der Waals surface area contributed by atoms with Gasteiger partial charge in [0.05, 0.1) is 11.6 Å². The summed E-state index contributed by atoms with van der Waals surface area (Å²) in [7, 11) is 3.65. The van der Waals surface area contributed by atoms with Crippen molar-refractivity contribution in [2.45, 2.75) is 56.2 Å². The van der Waals surface area contributed by atoms with E-state index in [1.165, 1.54) is 6.07 Å². The first kappa shape index (κ1) is 24.3. The number of amides is 1. The number of primary amides is 1. The van der Waals surface area contributed by atoms with Gasteiger partial charge in [-0.25, -0.2) is 0 Å². The second-order valence-electron chi connectivity index (χ2n) is 10.5. The van der Waals surface area contributed by atoms with Crippen molar-refractivity contribution in [3.05, 3.63) is 40.2 Å². The van der Waals surface area contributed by atoms with Crippen LogP contribution in [-0.2, 0) is 20.8 Å². The van der Waals surface area contributed by atoms with Gasteiger partial charge in [-0.2, -0.15) is 0 Å². The number of phenols is 1. The maximum atomic E-state index is 13.9. The molecule has 0 spiro atoms. The van der Waals surface area contributed by atoms with Crippen LogP contribution < -0.4 is 16.0 Å². The maximum absolute atomic E-state index is 13.9. The highest BCUT2D eigenvalue weighted by Gasteiger charge is 2.64. The van der Waals surface area contributed by atoms with Gasteiger partial charge in [-0.3, -0.25) is 14.4 Å². The Morgan fingerprint density at radius 1 is 1.14 bits per heavy atom. The van der Waals surface area contributed by atoms with Crippen LogP contribution in [0, 0.1) is 11.8 Å². The molecule has 0 heterocycles. The number of fused-ring (bicyclic) bond motifs is 3. The van der Waals surface area contributed by atoms with Crippen LogP contribution in [0.3, 0.4) is 0 Å². The van der Waals surface area contributed by atoms with E-state index in [1.807, 2.05) is 19.0 Å². The number of aromatic hydroxyl groups is 1. The molecule has 0 unspecified atom stereocenters. The Morgan fingerprint density at radius 2 is 1.81 bits per heavy atom. The number of hydrogen-bond acceptors (Lipinski definition) is 9. The molecule has 192 valence electrons. The Bertz CT molecular complexity index is 1240. The molecular formula is C26H31N3O7. The molecule has 7 N–H and O–H groups in total. The number of rotatable bonds is 4. The van der Waals surface area contributed by atoms with E-state index in [2.05, 4.69) is 5.32 Å². The van der Waals surface area contributed by atoms with Gasteiger partial charge in [-0.1, -0.05) is 12.8 Å². The predicted octanol–water partition coefficient (Wildman–Crippen LogP) is 1.00. The SMILES string of the molecule is CN(C)c1ccc(O)c2c1C[C@H]1C[C@H]3[C@@H](NC4CCCC4)C(=O)C(C(N)=O)=C(O)[C@@]3(O)C(=O)C1=C2O. The number of carbonyl (C=O) groups excluding carboxylic acids is 3. The average molecular weight is 498 g/mol. The number of aliphatic hydroxyl groups is 3. The number of benzene rings is 1. The van der Waals surface area contributed by atoms with Crippen molar-refractivity contribution in [2.24, 2.45) is 17.6 Å². The Labute approximate surface area is 208 Å². The third kappa shape index (κ3) is 3.27. The number of carbonyl (C=O) groups is 3. The van der Waals surface area contributed by atoms with E-state index < -0.39 is 58.0 Å². The largest absolute Gasteiger partial charge is 0.508 e. The molecule has 1 aromatic carbocycles. The van der Waals surface area contributed by atoms with Gasteiger partial charge >= 0.3 is 0 Å². The molecule has 1 aromatic rings. The van der Waals surface area contributed by atoms with Gasteiger partial charge < -0.3 is 36.4 Å². The summed E-state index contributed by atoms with van der Waals surface area (Å²) in [5.41, 5.74) is 3.32. The number of aliphatic hydroxyl groups excluding tert-OH is 2. The lowest BCUT2D eigenvalue weighted by atomic mass is 9.57. The maximum Gasteiger partial charge on any atom is 0.255 e. The van der Waals surface area contributed by atoms with E-state index in [4.69, 9.17) is 5.73 Å². The van der Waals surface area contributed by atoms with Crippen LogP contribution >= 0.6 is 0 Å². The molecule has 0 aromatic heterocycles. The van der Waals surface area contributed by atoms with Crippen LogP contribution in [-0.4, -0.2) is 69.7 Å². The molecule has 0 bridgehead atoms. The monoisotopic (exact) mass is 497 g/mol. The molecule has 5 rings (SSSR count). The highest BCUT2D eigenvalue weighted by molar-refractivity contribution is 6.24. The summed E-state index contributed by atoms with van der Waals surface area (Å²) in [6.07, 6.45) is 3.89. The molecule has 36 heavy (non-hydrogen) atoms. The van der Waals surface area contributed by atoms with E-state index in [0.717, 1.165) is 31.4 Å². The van der Waals surface area contributed by atoms with Crippen molar-refractivity contribution in [2.75, 3.05) is 19.0 Å². The van der Waals surface area contributed by atoms with Crippen molar-refractivity contribution < 1.29 is 34.8 Å². The first-order valence-electron chi connectivity index (χ1n) is 12.2. The topological polar surface area (TPSA) is 173 Å². The van der Waals surface area contributed by atoms with Gasteiger partial charge in [0, 0.05) is 37.3 Å². The zero-order valence-corrected chi connectivity index (χ0v) is 20.2. The minimum absolute atomic E-state index is 0.0395. The first-order chi connectivity index (χ1) is 17.0. The minimum Gasteiger partial charge on any atom is -0.508 e. The Kier molecular flexibility index (Phi) is 5.64. The van der Waals surface area contributed by atoms with Crippen LogP contribution in [0.15, 0.2) is 29.0 Å². The highest BCUT2D eigenvalue weighted by atomic mass is 16.3. The number of Topliss-reactive ketones (excluding diaryl/α,β-unsaturated/α-hetero) is 2. The molecule has 0 radical (unpaired) electrons. The van der Waals surface area contributed by atoms with Crippen molar-refractivity contribution in [1.82, 2.24) is 5.32 Å². The summed E-state index contributed by atoms with van der Waals surface area (Å²) in [5, 5.41) is 47.7. The van der Waals surface area contributed by atoms with Crippen LogP contribution in [0.1, 0.15) is 43.2 Å². The lowest BCUT2D eigenvalue weighted by Crippen LogP contribution is -2.66. The Hall–Kier alpha value is -3.37. The number of nitrogens with two attached hydrogens (primary N) is 1. The lowest BCUT2D eigenvalue weighted by molar-refractivity contribution is -0.150. The summed E-state index contributed by atoms with van der Waals surface area (Å²) < 4.78 is 0.